The first-order chi connectivity index (χ1) is 8.20. The second kappa shape index (κ2) is 4.00. The molecule has 2 atom stereocenters. The summed E-state index contributed by atoms with van der Waals surface area (Å²) in [5.41, 5.74) is 1.31. The first kappa shape index (κ1) is 10.5. The Morgan fingerprint density at radius 1 is 1.53 bits per heavy atom. The van der Waals surface area contributed by atoms with E-state index in [-0.39, 0.29) is 6.10 Å². The molecular formula is C12H15N3O2. The second-order valence-corrected chi connectivity index (χ2v) is 4.51. The van der Waals surface area contributed by atoms with Gasteiger partial charge in [0.15, 0.2) is 17.1 Å². The molecule has 1 N–H and O–H groups in total. The summed E-state index contributed by atoms with van der Waals surface area (Å²) < 4.78 is 11.3. The molecule has 5 nitrogen and oxygen atoms in total. The highest BCUT2D eigenvalue weighted by Gasteiger charge is 2.22. The Morgan fingerprint density at radius 2 is 2.41 bits per heavy atom. The fourth-order valence-corrected chi connectivity index (χ4v) is 2.15. The zero-order valence-corrected chi connectivity index (χ0v) is 9.93. The van der Waals surface area contributed by atoms with Crippen LogP contribution in [0.4, 0.5) is 0 Å². The van der Waals surface area contributed by atoms with Crippen LogP contribution in [0.25, 0.3) is 11.2 Å². The summed E-state index contributed by atoms with van der Waals surface area (Å²) in [5, 5.41) is 3.35. The van der Waals surface area contributed by atoms with E-state index in [1.807, 2.05) is 13.0 Å². The molecule has 17 heavy (non-hydrogen) atoms. The molecule has 1 aliphatic heterocycles. The summed E-state index contributed by atoms with van der Waals surface area (Å²) in [6, 6.07) is 2.37. The quantitative estimate of drug-likeness (QED) is 0.854. The maximum absolute atomic E-state index is 5.85. The average Bonchev–Trinajstić information content (AvgIpc) is 2.83. The van der Waals surface area contributed by atoms with Crippen LogP contribution in [0.15, 0.2) is 16.7 Å². The van der Waals surface area contributed by atoms with Crippen LogP contribution in [0, 0.1) is 6.92 Å². The average molecular weight is 233 g/mol. The lowest BCUT2D eigenvalue weighted by molar-refractivity contribution is 0.220. The molecule has 0 aromatic carbocycles. The number of nitrogens with one attached hydrogen (secondary N) is 1. The molecule has 3 heterocycles. The van der Waals surface area contributed by atoms with Gasteiger partial charge < -0.3 is 14.5 Å². The third-order valence-electron chi connectivity index (χ3n) is 2.94. The minimum atomic E-state index is 0.216. The molecule has 0 amide bonds. The normalized spacial score (nSPS) is 24.4. The third-order valence-corrected chi connectivity index (χ3v) is 2.94. The number of aryl methyl sites for hydroxylation is 1. The number of rotatable bonds is 2. The van der Waals surface area contributed by atoms with Gasteiger partial charge in [-0.3, -0.25) is 0 Å². The largest absolute Gasteiger partial charge is 0.487 e. The van der Waals surface area contributed by atoms with Crippen LogP contribution in [-0.4, -0.2) is 28.7 Å². The topological polar surface area (TPSA) is 60.2 Å². The molecule has 0 radical (unpaired) electrons. The second-order valence-electron chi connectivity index (χ2n) is 4.51. The van der Waals surface area contributed by atoms with E-state index in [1.54, 1.807) is 6.20 Å². The molecule has 5 heteroatoms. The Balaban J connectivity index is 1.80. The molecular weight excluding hydrogens is 218 g/mol. The highest BCUT2D eigenvalue weighted by atomic mass is 16.5. The summed E-state index contributed by atoms with van der Waals surface area (Å²) in [6.07, 6.45) is 2.94. The Bertz CT molecular complexity index is 538. The van der Waals surface area contributed by atoms with Gasteiger partial charge in [-0.15, -0.1) is 0 Å². The highest BCUT2D eigenvalue weighted by Crippen LogP contribution is 2.21. The molecule has 1 saturated heterocycles. The Morgan fingerprint density at radius 3 is 3.18 bits per heavy atom. The maximum atomic E-state index is 5.85. The summed E-state index contributed by atoms with van der Waals surface area (Å²) in [7, 11) is 0. The molecule has 0 unspecified atom stereocenters. The number of fused-ring (bicyclic) bond motifs is 1. The van der Waals surface area contributed by atoms with E-state index >= 15 is 0 Å². The Kier molecular flexibility index (Phi) is 2.48. The highest BCUT2D eigenvalue weighted by molar-refractivity contribution is 5.69. The van der Waals surface area contributed by atoms with Gasteiger partial charge in [-0.2, -0.15) is 4.98 Å². The minimum absolute atomic E-state index is 0.216. The van der Waals surface area contributed by atoms with E-state index in [4.69, 9.17) is 9.15 Å². The summed E-state index contributed by atoms with van der Waals surface area (Å²) in [6.45, 7) is 4.85. The Hall–Kier alpha value is -1.62. The molecule has 1 aliphatic rings. The maximum Gasteiger partial charge on any atom is 0.199 e. The SMILES string of the molecule is Cc1nc2ncc(O[C@H]3CN[C@@H](C)C3)cc2o1. The van der Waals surface area contributed by atoms with Crippen LogP contribution < -0.4 is 10.1 Å². The predicted octanol–water partition coefficient (Wildman–Crippen LogP) is 1.66. The molecule has 2 aromatic heterocycles. The fourth-order valence-electron chi connectivity index (χ4n) is 2.15. The molecule has 0 saturated carbocycles. The van der Waals surface area contributed by atoms with Crippen molar-refractivity contribution in [1.82, 2.24) is 15.3 Å². The molecule has 90 valence electrons. The van der Waals surface area contributed by atoms with E-state index in [2.05, 4.69) is 22.2 Å². The van der Waals surface area contributed by atoms with Crippen LogP contribution in [-0.2, 0) is 0 Å². The summed E-state index contributed by atoms with van der Waals surface area (Å²) in [4.78, 5) is 8.37. The zero-order valence-electron chi connectivity index (χ0n) is 9.93. The van der Waals surface area contributed by atoms with Crippen LogP contribution in [0.3, 0.4) is 0 Å². The lowest BCUT2D eigenvalue weighted by Gasteiger charge is -2.11. The third kappa shape index (κ3) is 2.10. The van der Waals surface area contributed by atoms with Gasteiger partial charge in [0.1, 0.15) is 11.9 Å². The first-order valence-electron chi connectivity index (χ1n) is 5.84. The van der Waals surface area contributed by atoms with Gasteiger partial charge in [0, 0.05) is 32.0 Å². The molecule has 0 spiro atoms. The van der Waals surface area contributed by atoms with Crippen molar-refractivity contribution >= 4 is 11.2 Å². The van der Waals surface area contributed by atoms with Gasteiger partial charge in [0.05, 0.1) is 6.20 Å². The van der Waals surface area contributed by atoms with Crippen LogP contribution >= 0.6 is 0 Å². The standard InChI is InChI=1S/C12H15N3O2/c1-7-3-9(5-13-7)17-10-4-11-12(14-6-10)15-8(2)16-11/h4,6-7,9,13H,3,5H2,1-2H3/t7-,9+/m0/s1. The van der Waals surface area contributed by atoms with Crippen molar-refractivity contribution < 1.29 is 9.15 Å². The van der Waals surface area contributed by atoms with Gasteiger partial charge in [-0.1, -0.05) is 0 Å². The van der Waals surface area contributed by atoms with Crippen LogP contribution in [0.5, 0.6) is 5.75 Å². The van der Waals surface area contributed by atoms with Gasteiger partial charge in [0.2, 0.25) is 0 Å². The number of ether oxygens (including phenoxy) is 1. The summed E-state index contributed by atoms with van der Waals surface area (Å²) >= 11 is 0. The van der Waals surface area contributed by atoms with E-state index in [1.165, 1.54) is 0 Å². The zero-order chi connectivity index (χ0) is 11.8. The van der Waals surface area contributed by atoms with Gasteiger partial charge >= 0.3 is 0 Å². The van der Waals surface area contributed by atoms with E-state index in [0.717, 1.165) is 18.7 Å². The van der Waals surface area contributed by atoms with Gasteiger partial charge in [-0.25, -0.2) is 4.98 Å². The minimum Gasteiger partial charge on any atom is -0.487 e. The molecule has 3 rings (SSSR count). The predicted molar refractivity (Wildman–Crippen MR) is 63.0 cm³/mol. The van der Waals surface area contributed by atoms with Crippen molar-refractivity contribution in [3.05, 3.63) is 18.2 Å². The van der Waals surface area contributed by atoms with Crippen molar-refractivity contribution in [3.63, 3.8) is 0 Å². The molecule has 0 aliphatic carbocycles. The van der Waals surface area contributed by atoms with E-state index in [9.17, 15) is 0 Å². The number of oxazole rings is 1. The lowest BCUT2D eigenvalue weighted by Crippen LogP contribution is -2.20. The van der Waals surface area contributed by atoms with Crippen LogP contribution in [0.2, 0.25) is 0 Å². The lowest BCUT2D eigenvalue weighted by atomic mass is 10.2. The van der Waals surface area contributed by atoms with Crippen molar-refractivity contribution in [3.8, 4) is 5.75 Å². The van der Waals surface area contributed by atoms with Crippen molar-refractivity contribution in [2.24, 2.45) is 0 Å². The number of nitrogens with zero attached hydrogens (tertiary/aromatic N) is 2. The number of hydrogen-bond donors (Lipinski definition) is 1. The number of aromatic nitrogens is 2. The molecule has 2 aromatic rings. The summed E-state index contributed by atoms with van der Waals surface area (Å²) in [5.74, 6) is 1.37. The monoisotopic (exact) mass is 233 g/mol. The van der Waals surface area contributed by atoms with Gasteiger partial charge in [-0.05, 0) is 6.92 Å². The smallest absolute Gasteiger partial charge is 0.199 e. The van der Waals surface area contributed by atoms with E-state index < -0.39 is 0 Å². The van der Waals surface area contributed by atoms with E-state index in [0.29, 0.717) is 23.2 Å². The molecule has 0 bridgehead atoms. The molecule has 1 fully saturated rings. The van der Waals surface area contributed by atoms with Crippen molar-refractivity contribution in [2.75, 3.05) is 6.54 Å². The number of hydrogen-bond acceptors (Lipinski definition) is 5. The fraction of sp³-hybridized carbons (Fsp3) is 0.500. The van der Waals surface area contributed by atoms with Crippen molar-refractivity contribution in [2.45, 2.75) is 32.4 Å². The number of pyridine rings is 1. The Labute approximate surface area is 99.2 Å². The van der Waals surface area contributed by atoms with Crippen molar-refractivity contribution in [1.29, 1.82) is 0 Å². The first-order valence-corrected chi connectivity index (χ1v) is 5.84. The van der Waals surface area contributed by atoms with Crippen LogP contribution in [0.1, 0.15) is 19.2 Å². The van der Waals surface area contributed by atoms with Gasteiger partial charge in [0.25, 0.3) is 0 Å².